The van der Waals surface area contributed by atoms with Crippen LogP contribution in [-0.2, 0) is 0 Å². The third kappa shape index (κ3) is 3.62. The highest BCUT2D eigenvalue weighted by atomic mass is 79.9. The first kappa shape index (κ1) is 14.6. The van der Waals surface area contributed by atoms with Crippen LogP contribution in [0.25, 0.3) is 0 Å². The van der Waals surface area contributed by atoms with Gasteiger partial charge >= 0.3 is 0 Å². The maximum atomic E-state index is 13.7. The van der Waals surface area contributed by atoms with Crippen molar-refractivity contribution in [1.82, 2.24) is 0 Å². The van der Waals surface area contributed by atoms with Crippen LogP contribution in [0.5, 0.6) is 0 Å². The van der Waals surface area contributed by atoms with E-state index in [9.17, 15) is 4.39 Å². The van der Waals surface area contributed by atoms with Gasteiger partial charge in [0, 0.05) is 10.5 Å². The maximum Gasteiger partial charge on any atom is 0.146 e. The third-order valence-corrected chi connectivity index (χ3v) is 3.98. The lowest BCUT2D eigenvalue weighted by Gasteiger charge is -2.17. The number of nitrogens with one attached hydrogen (secondary N) is 1. The summed E-state index contributed by atoms with van der Waals surface area (Å²) in [6.07, 6.45) is 0. The van der Waals surface area contributed by atoms with Crippen LogP contribution in [0.3, 0.4) is 0 Å². The second-order valence-electron chi connectivity index (χ2n) is 4.16. The molecule has 100 valence electrons. The highest BCUT2D eigenvalue weighted by molar-refractivity contribution is 9.10. The molecule has 0 aromatic heterocycles. The monoisotopic (exact) mass is 361 g/mol. The molecule has 0 aliphatic heterocycles. The molecule has 0 bridgehead atoms. The van der Waals surface area contributed by atoms with E-state index >= 15 is 0 Å². The predicted octanol–water partition coefficient (Wildman–Crippen LogP) is 6.07. The Morgan fingerprint density at radius 3 is 2.53 bits per heavy atom. The van der Waals surface area contributed by atoms with Gasteiger partial charge in [-0.2, -0.15) is 0 Å². The molecule has 0 spiro atoms. The van der Waals surface area contributed by atoms with Gasteiger partial charge in [-0.3, -0.25) is 0 Å². The lowest BCUT2D eigenvalue weighted by atomic mass is 10.1. The number of hydrogen-bond acceptors (Lipinski definition) is 1. The standard InChI is InChI=1S/C14H11BrCl2FN/c1-8(9-2-4-11(16)12(17)6-9)19-14-7-10(15)3-5-13(14)18/h2-8,19H,1H3. The van der Waals surface area contributed by atoms with Crippen LogP contribution < -0.4 is 5.32 Å². The van der Waals surface area contributed by atoms with Crippen LogP contribution in [0.15, 0.2) is 40.9 Å². The van der Waals surface area contributed by atoms with E-state index in [1.807, 2.05) is 13.0 Å². The summed E-state index contributed by atoms with van der Waals surface area (Å²) in [6, 6.07) is 10.0. The second-order valence-corrected chi connectivity index (χ2v) is 5.89. The molecule has 1 N–H and O–H groups in total. The average molecular weight is 363 g/mol. The minimum atomic E-state index is -0.296. The van der Waals surface area contributed by atoms with Crippen molar-refractivity contribution in [3.05, 3.63) is 62.3 Å². The number of halogens is 4. The second kappa shape index (κ2) is 6.12. The molecule has 0 heterocycles. The first-order chi connectivity index (χ1) is 8.97. The van der Waals surface area contributed by atoms with Gasteiger partial charge in [0.05, 0.1) is 15.7 Å². The van der Waals surface area contributed by atoms with Crippen molar-refractivity contribution in [2.75, 3.05) is 5.32 Å². The Morgan fingerprint density at radius 2 is 1.84 bits per heavy atom. The van der Waals surface area contributed by atoms with E-state index in [1.54, 1.807) is 24.3 Å². The summed E-state index contributed by atoms with van der Waals surface area (Å²) in [4.78, 5) is 0. The number of hydrogen-bond donors (Lipinski definition) is 1. The van der Waals surface area contributed by atoms with E-state index in [4.69, 9.17) is 23.2 Å². The Balaban J connectivity index is 2.22. The molecule has 0 radical (unpaired) electrons. The van der Waals surface area contributed by atoms with E-state index in [0.717, 1.165) is 10.0 Å². The highest BCUT2D eigenvalue weighted by Gasteiger charge is 2.10. The molecule has 0 fully saturated rings. The zero-order chi connectivity index (χ0) is 14.0. The molecule has 19 heavy (non-hydrogen) atoms. The Hall–Kier alpha value is -0.770. The Labute approximate surface area is 129 Å². The molecule has 2 aromatic carbocycles. The van der Waals surface area contributed by atoms with Gasteiger partial charge in [0.2, 0.25) is 0 Å². The predicted molar refractivity (Wildman–Crippen MR) is 82.6 cm³/mol. The summed E-state index contributed by atoms with van der Waals surface area (Å²) in [5.41, 5.74) is 1.38. The summed E-state index contributed by atoms with van der Waals surface area (Å²) >= 11 is 15.2. The van der Waals surface area contributed by atoms with Crippen molar-refractivity contribution in [3.63, 3.8) is 0 Å². The van der Waals surface area contributed by atoms with Crippen molar-refractivity contribution in [1.29, 1.82) is 0 Å². The van der Waals surface area contributed by atoms with Crippen LogP contribution >= 0.6 is 39.1 Å². The van der Waals surface area contributed by atoms with E-state index in [-0.39, 0.29) is 11.9 Å². The number of benzene rings is 2. The molecule has 0 amide bonds. The molecule has 0 aliphatic rings. The summed E-state index contributed by atoms with van der Waals surface area (Å²) in [5.74, 6) is -0.296. The maximum absolute atomic E-state index is 13.7. The smallest absolute Gasteiger partial charge is 0.146 e. The van der Waals surface area contributed by atoms with Crippen molar-refractivity contribution in [2.24, 2.45) is 0 Å². The SMILES string of the molecule is CC(Nc1cc(Br)ccc1F)c1ccc(Cl)c(Cl)c1. The topological polar surface area (TPSA) is 12.0 Å². The van der Waals surface area contributed by atoms with Gasteiger partial charge in [0.25, 0.3) is 0 Å². The van der Waals surface area contributed by atoms with Gasteiger partial charge in [-0.1, -0.05) is 45.2 Å². The average Bonchev–Trinajstić information content (AvgIpc) is 2.37. The van der Waals surface area contributed by atoms with Crippen LogP contribution in [0.4, 0.5) is 10.1 Å². The lowest BCUT2D eigenvalue weighted by Crippen LogP contribution is -2.08. The van der Waals surface area contributed by atoms with Gasteiger partial charge in [0.15, 0.2) is 0 Å². The molecular formula is C14H11BrCl2FN. The fourth-order valence-electron chi connectivity index (χ4n) is 1.71. The summed E-state index contributed by atoms with van der Waals surface area (Å²) in [7, 11) is 0. The Morgan fingerprint density at radius 1 is 1.11 bits per heavy atom. The van der Waals surface area contributed by atoms with Gasteiger partial charge in [-0.05, 0) is 42.8 Å². The molecule has 0 aliphatic carbocycles. The zero-order valence-electron chi connectivity index (χ0n) is 10.1. The molecule has 0 saturated heterocycles. The molecule has 0 saturated carbocycles. The fraction of sp³-hybridized carbons (Fsp3) is 0.143. The Bertz CT molecular complexity index is 604. The van der Waals surface area contributed by atoms with Crippen LogP contribution in [0.2, 0.25) is 10.0 Å². The van der Waals surface area contributed by atoms with Gasteiger partial charge in [0.1, 0.15) is 5.82 Å². The molecular weight excluding hydrogens is 352 g/mol. The third-order valence-electron chi connectivity index (χ3n) is 2.74. The first-order valence-corrected chi connectivity index (χ1v) is 7.19. The molecule has 1 unspecified atom stereocenters. The number of rotatable bonds is 3. The van der Waals surface area contributed by atoms with Crippen molar-refractivity contribution in [2.45, 2.75) is 13.0 Å². The minimum Gasteiger partial charge on any atom is -0.376 e. The quantitative estimate of drug-likeness (QED) is 0.698. The summed E-state index contributed by atoms with van der Waals surface area (Å²) in [5, 5.41) is 4.10. The molecule has 1 nitrogen and oxygen atoms in total. The largest absolute Gasteiger partial charge is 0.376 e. The lowest BCUT2D eigenvalue weighted by molar-refractivity contribution is 0.627. The normalized spacial score (nSPS) is 12.3. The van der Waals surface area contributed by atoms with Gasteiger partial charge in [-0.15, -0.1) is 0 Å². The molecule has 5 heteroatoms. The van der Waals surface area contributed by atoms with Crippen LogP contribution in [0.1, 0.15) is 18.5 Å². The molecule has 2 aromatic rings. The van der Waals surface area contributed by atoms with Gasteiger partial charge in [-0.25, -0.2) is 4.39 Å². The van der Waals surface area contributed by atoms with E-state index < -0.39 is 0 Å². The number of anilines is 1. The van der Waals surface area contributed by atoms with E-state index in [2.05, 4.69) is 21.2 Å². The Kier molecular flexibility index (Phi) is 4.71. The zero-order valence-corrected chi connectivity index (χ0v) is 13.2. The summed E-state index contributed by atoms with van der Waals surface area (Å²) in [6.45, 7) is 1.93. The molecule has 2 rings (SSSR count). The van der Waals surface area contributed by atoms with Crippen LogP contribution in [-0.4, -0.2) is 0 Å². The van der Waals surface area contributed by atoms with Crippen LogP contribution in [0, 0.1) is 5.82 Å². The fourth-order valence-corrected chi connectivity index (χ4v) is 2.37. The highest BCUT2D eigenvalue weighted by Crippen LogP contribution is 2.28. The van der Waals surface area contributed by atoms with Crippen molar-refractivity contribution in [3.8, 4) is 0 Å². The summed E-state index contributed by atoms with van der Waals surface area (Å²) < 4.78 is 14.5. The molecule has 1 atom stereocenters. The van der Waals surface area contributed by atoms with E-state index in [1.165, 1.54) is 6.07 Å². The minimum absolute atomic E-state index is 0.0847. The first-order valence-electron chi connectivity index (χ1n) is 5.64. The van der Waals surface area contributed by atoms with Crippen molar-refractivity contribution >= 4 is 44.8 Å². The van der Waals surface area contributed by atoms with Gasteiger partial charge < -0.3 is 5.32 Å². The van der Waals surface area contributed by atoms with Crippen molar-refractivity contribution < 1.29 is 4.39 Å². The van der Waals surface area contributed by atoms with E-state index in [0.29, 0.717) is 15.7 Å².